The van der Waals surface area contributed by atoms with E-state index in [1.54, 1.807) is 12.2 Å². The monoisotopic (exact) mass is 505 g/mol. The number of amides is 1. The zero-order valence-electron chi connectivity index (χ0n) is 13.2. The fourth-order valence-corrected chi connectivity index (χ4v) is 4.33. The van der Waals surface area contributed by atoms with Gasteiger partial charge in [0.05, 0.1) is 16.5 Å². The summed E-state index contributed by atoms with van der Waals surface area (Å²) in [6.07, 6.45) is 3.61. The molecule has 1 aromatic rings. The third kappa shape index (κ3) is 5.40. The van der Waals surface area contributed by atoms with Crippen molar-refractivity contribution in [3.63, 3.8) is 0 Å². The van der Waals surface area contributed by atoms with E-state index in [1.807, 2.05) is 19.1 Å². The summed E-state index contributed by atoms with van der Waals surface area (Å²) in [5.74, 6) is -0.174. The van der Waals surface area contributed by atoms with Gasteiger partial charge in [0, 0.05) is 10.0 Å². The predicted octanol–water partition coefficient (Wildman–Crippen LogP) is 4.20. The smallest absolute Gasteiger partial charge is 0.343 e. The Morgan fingerprint density at radius 3 is 2.72 bits per heavy atom. The number of halogens is 2. The van der Waals surface area contributed by atoms with Crippen LogP contribution in [0.25, 0.3) is 6.08 Å². The van der Waals surface area contributed by atoms with Crippen LogP contribution in [0.5, 0.6) is 5.75 Å². The molecule has 9 heteroatoms. The van der Waals surface area contributed by atoms with E-state index in [2.05, 4.69) is 41.9 Å². The van der Waals surface area contributed by atoms with Crippen LogP contribution in [0.2, 0.25) is 0 Å². The van der Waals surface area contributed by atoms with Gasteiger partial charge in [-0.3, -0.25) is 4.79 Å². The lowest BCUT2D eigenvalue weighted by Gasteiger charge is -2.11. The second-order valence-electron chi connectivity index (χ2n) is 4.86. The number of hydrogen-bond donors (Lipinski definition) is 1. The molecule has 1 aliphatic rings. The standard InChI is InChI=1S/C16H13Br2NO4S2/c1-8(14-15(21)19-16(24)25-14)3-4-9-5-10(17)6-11(18)13(9)23-7-12(20)22-2/h3-6H,7H2,1-2H3,(H,19,21,24)/b4-3+,14-8+. The number of carbonyl (C=O) groups is 2. The predicted molar refractivity (Wildman–Crippen MR) is 109 cm³/mol. The van der Waals surface area contributed by atoms with Gasteiger partial charge >= 0.3 is 5.97 Å². The lowest BCUT2D eigenvalue weighted by molar-refractivity contribution is -0.142. The molecular formula is C16H13Br2NO4S2. The summed E-state index contributed by atoms with van der Waals surface area (Å²) in [4.78, 5) is 23.7. The van der Waals surface area contributed by atoms with Crippen LogP contribution in [-0.2, 0) is 14.3 Å². The molecule has 25 heavy (non-hydrogen) atoms. The number of methoxy groups -OCH3 is 1. The van der Waals surface area contributed by atoms with E-state index in [-0.39, 0.29) is 12.5 Å². The summed E-state index contributed by atoms with van der Waals surface area (Å²) >= 11 is 13.1. The summed E-state index contributed by atoms with van der Waals surface area (Å²) in [6.45, 7) is 1.62. The fourth-order valence-electron chi connectivity index (χ4n) is 1.91. The van der Waals surface area contributed by atoms with Gasteiger partial charge in [-0.25, -0.2) is 4.79 Å². The first-order chi connectivity index (χ1) is 11.8. The molecule has 1 aromatic carbocycles. The van der Waals surface area contributed by atoms with Gasteiger partial charge in [-0.05, 0) is 40.6 Å². The van der Waals surface area contributed by atoms with Crippen molar-refractivity contribution in [3.8, 4) is 5.75 Å². The summed E-state index contributed by atoms with van der Waals surface area (Å²) in [5.41, 5.74) is 1.51. The number of esters is 1. The molecule has 0 aliphatic carbocycles. The normalized spacial score (nSPS) is 16.2. The Balaban J connectivity index is 2.31. The van der Waals surface area contributed by atoms with Crippen molar-refractivity contribution in [1.29, 1.82) is 0 Å². The van der Waals surface area contributed by atoms with Gasteiger partial charge in [0.1, 0.15) is 10.1 Å². The Labute approximate surface area is 171 Å². The van der Waals surface area contributed by atoms with Gasteiger partial charge in [-0.2, -0.15) is 0 Å². The molecule has 132 valence electrons. The molecule has 1 aliphatic heterocycles. The molecule has 0 spiro atoms. The van der Waals surface area contributed by atoms with Crippen LogP contribution in [0.15, 0.2) is 37.6 Å². The van der Waals surface area contributed by atoms with Gasteiger partial charge in [0.25, 0.3) is 5.91 Å². The largest absolute Gasteiger partial charge is 0.480 e. The third-order valence-corrected chi connectivity index (χ3v) is 5.48. The molecule has 5 nitrogen and oxygen atoms in total. The third-order valence-electron chi connectivity index (χ3n) is 3.09. The first-order valence-corrected chi connectivity index (χ1v) is 9.73. The molecule has 0 atom stereocenters. The maximum Gasteiger partial charge on any atom is 0.343 e. The molecule has 1 saturated heterocycles. The number of allylic oxidation sites excluding steroid dienone is 2. The quantitative estimate of drug-likeness (QED) is 0.367. The minimum atomic E-state index is -0.476. The number of hydrogen-bond acceptors (Lipinski definition) is 6. The van der Waals surface area contributed by atoms with Crippen LogP contribution in [-0.4, -0.2) is 29.9 Å². The lowest BCUT2D eigenvalue weighted by Crippen LogP contribution is -2.18. The van der Waals surface area contributed by atoms with Crippen LogP contribution >= 0.6 is 55.8 Å². The molecule has 1 fully saturated rings. The second-order valence-corrected chi connectivity index (χ2v) is 8.32. The van der Waals surface area contributed by atoms with Crippen LogP contribution in [0.4, 0.5) is 0 Å². The molecule has 1 amide bonds. The van der Waals surface area contributed by atoms with Gasteiger partial charge < -0.3 is 14.8 Å². The van der Waals surface area contributed by atoms with Crippen molar-refractivity contribution in [2.75, 3.05) is 13.7 Å². The van der Waals surface area contributed by atoms with E-state index < -0.39 is 5.97 Å². The number of benzene rings is 1. The molecule has 1 N–H and O–H groups in total. The average molecular weight is 507 g/mol. The van der Waals surface area contributed by atoms with Crippen molar-refractivity contribution in [2.24, 2.45) is 0 Å². The van der Waals surface area contributed by atoms with Gasteiger partial charge in [-0.1, -0.05) is 52.1 Å². The Morgan fingerprint density at radius 2 is 2.12 bits per heavy atom. The van der Waals surface area contributed by atoms with E-state index in [9.17, 15) is 9.59 Å². The fraction of sp³-hybridized carbons (Fsp3) is 0.188. The molecule has 0 unspecified atom stereocenters. The Bertz CT molecular complexity index is 806. The van der Waals surface area contributed by atoms with E-state index in [0.29, 0.717) is 19.4 Å². The maximum absolute atomic E-state index is 11.8. The Morgan fingerprint density at radius 1 is 1.40 bits per heavy atom. The summed E-state index contributed by atoms with van der Waals surface area (Å²) < 4.78 is 12.1. The van der Waals surface area contributed by atoms with Gasteiger partial charge in [-0.15, -0.1) is 0 Å². The molecule has 0 radical (unpaired) electrons. The average Bonchev–Trinajstić information content (AvgIpc) is 2.89. The molecule has 1 heterocycles. The highest BCUT2D eigenvalue weighted by Gasteiger charge is 2.23. The summed E-state index contributed by atoms with van der Waals surface area (Å²) in [6, 6.07) is 3.66. The number of ether oxygens (including phenoxy) is 2. The Kier molecular flexibility index (Phi) is 7.24. The first-order valence-electron chi connectivity index (χ1n) is 6.92. The van der Waals surface area contributed by atoms with Crippen molar-refractivity contribution in [1.82, 2.24) is 5.32 Å². The zero-order valence-corrected chi connectivity index (χ0v) is 18.0. The lowest BCUT2D eigenvalue weighted by atomic mass is 10.1. The van der Waals surface area contributed by atoms with Crippen LogP contribution in [0.3, 0.4) is 0 Å². The van der Waals surface area contributed by atoms with Gasteiger partial charge in [0.15, 0.2) is 6.61 Å². The number of nitrogens with one attached hydrogen (secondary N) is 1. The van der Waals surface area contributed by atoms with Crippen molar-refractivity contribution in [3.05, 3.63) is 43.2 Å². The van der Waals surface area contributed by atoms with E-state index in [0.717, 1.165) is 15.6 Å². The van der Waals surface area contributed by atoms with Crippen LogP contribution in [0.1, 0.15) is 12.5 Å². The highest BCUT2D eigenvalue weighted by Crippen LogP contribution is 2.34. The van der Waals surface area contributed by atoms with Gasteiger partial charge in [0.2, 0.25) is 0 Å². The Hall–Kier alpha value is -1.16. The van der Waals surface area contributed by atoms with Crippen LogP contribution in [0, 0.1) is 0 Å². The maximum atomic E-state index is 11.8. The van der Waals surface area contributed by atoms with Crippen molar-refractivity contribution in [2.45, 2.75) is 6.92 Å². The topological polar surface area (TPSA) is 64.6 Å². The first kappa shape index (κ1) is 20.2. The summed E-state index contributed by atoms with van der Waals surface area (Å²) in [5, 5.41) is 2.59. The van der Waals surface area contributed by atoms with E-state index in [4.69, 9.17) is 17.0 Å². The van der Waals surface area contributed by atoms with Crippen LogP contribution < -0.4 is 10.1 Å². The van der Waals surface area contributed by atoms with E-state index >= 15 is 0 Å². The molecule has 0 saturated carbocycles. The highest BCUT2D eigenvalue weighted by molar-refractivity contribution is 9.11. The molecule has 2 rings (SSSR count). The zero-order chi connectivity index (χ0) is 18.6. The number of carbonyl (C=O) groups excluding carboxylic acids is 2. The van der Waals surface area contributed by atoms with Crippen molar-refractivity contribution >= 4 is 78.1 Å². The number of thiocarbonyl (C=S) groups is 1. The molecule has 0 aromatic heterocycles. The molecule has 0 bridgehead atoms. The number of thioether (sulfide) groups is 1. The summed E-state index contributed by atoms with van der Waals surface area (Å²) in [7, 11) is 1.30. The van der Waals surface area contributed by atoms with E-state index in [1.165, 1.54) is 18.9 Å². The number of rotatable bonds is 5. The second kappa shape index (κ2) is 8.98. The SMILES string of the molecule is COC(=O)COc1c(Br)cc(Br)cc1/C=C/C(C)=C1/SC(=S)NC1=O. The molecular weight excluding hydrogens is 494 g/mol. The highest BCUT2D eigenvalue weighted by atomic mass is 79.9. The van der Waals surface area contributed by atoms with Crippen molar-refractivity contribution < 1.29 is 19.1 Å². The minimum absolute atomic E-state index is 0.199. The minimum Gasteiger partial charge on any atom is -0.480 e.